The summed E-state index contributed by atoms with van der Waals surface area (Å²) >= 11 is 0. The smallest absolute Gasteiger partial charge is 0.227 e. The van der Waals surface area contributed by atoms with Crippen molar-refractivity contribution in [3.8, 4) is 0 Å². The molecule has 1 N–H and O–H groups in total. The highest BCUT2D eigenvalue weighted by Gasteiger charge is 2.56. The Morgan fingerprint density at radius 1 is 1.40 bits per heavy atom. The van der Waals surface area contributed by atoms with Gasteiger partial charge in [0, 0.05) is 31.0 Å². The van der Waals surface area contributed by atoms with Crippen LogP contribution in [0.25, 0.3) is 0 Å². The Labute approximate surface area is 120 Å². The molecule has 1 aromatic rings. The van der Waals surface area contributed by atoms with Crippen LogP contribution in [-0.4, -0.2) is 35.4 Å². The van der Waals surface area contributed by atoms with Crippen LogP contribution < -0.4 is 5.32 Å². The van der Waals surface area contributed by atoms with Crippen LogP contribution in [0.5, 0.6) is 0 Å². The molecule has 1 spiro atoms. The Kier molecular flexibility index (Phi) is 4.08. The largest absolute Gasteiger partial charge is 0.378 e. The van der Waals surface area contributed by atoms with Gasteiger partial charge in [-0.25, -0.2) is 0 Å². The highest BCUT2D eigenvalue weighted by molar-refractivity contribution is 5.10. The zero-order valence-corrected chi connectivity index (χ0v) is 12.5. The molecule has 2 aliphatic rings. The molecule has 2 fully saturated rings. The van der Waals surface area contributed by atoms with Crippen LogP contribution in [0, 0.1) is 12.3 Å². The molecule has 0 radical (unpaired) electrons. The maximum Gasteiger partial charge on any atom is 0.227 e. The molecule has 0 amide bonds. The molecular formula is C15H25N3O2. The molecule has 5 heteroatoms. The van der Waals surface area contributed by atoms with E-state index in [4.69, 9.17) is 9.26 Å². The van der Waals surface area contributed by atoms with E-state index in [0.717, 1.165) is 31.9 Å². The molecule has 2 atom stereocenters. The van der Waals surface area contributed by atoms with Gasteiger partial charge >= 0.3 is 0 Å². The molecule has 0 saturated heterocycles. The van der Waals surface area contributed by atoms with Gasteiger partial charge < -0.3 is 14.6 Å². The Balaban J connectivity index is 1.50. The minimum Gasteiger partial charge on any atom is -0.378 e. The molecule has 0 aliphatic heterocycles. The van der Waals surface area contributed by atoms with Crippen molar-refractivity contribution in [1.29, 1.82) is 0 Å². The molecule has 2 saturated carbocycles. The molecule has 20 heavy (non-hydrogen) atoms. The highest BCUT2D eigenvalue weighted by atomic mass is 16.5. The molecule has 0 bridgehead atoms. The average molecular weight is 279 g/mol. The van der Waals surface area contributed by atoms with Gasteiger partial charge in [0.05, 0.1) is 6.10 Å². The van der Waals surface area contributed by atoms with E-state index < -0.39 is 0 Å². The van der Waals surface area contributed by atoms with Gasteiger partial charge in [-0.2, -0.15) is 4.98 Å². The minimum atomic E-state index is 0.404. The van der Waals surface area contributed by atoms with Crippen LogP contribution in [-0.2, 0) is 11.2 Å². The van der Waals surface area contributed by atoms with Crippen molar-refractivity contribution >= 4 is 0 Å². The van der Waals surface area contributed by atoms with Crippen molar-refractivity contribution in [2.75, 3.05) is 13.2 Å². The van der Waals surface area contributed by atoms with Crippen molar-refractivity contribution in [2.24, 2.45) is 5.41 Å². The summed E-state index contributed by atoms with van der Waals surface area (Å²) in [6.07, 6.45) is 7.76. The lowest BCUT2D eigenvalue weighted by Gasteiger charge is -2.54. The van der Waals surface area contributed by atoms with Gasteiger partial charge in [0.2, 0.25) is 5.89 Å². The highest BCUT2D eigenvalue weighted by Crippen LogP contribution is 2.54. The van der Waals surface area contributed by atoms with Crippen molar-refractivity contribution in [3.63, 3.8) is 0 Å². The number of nitrogens with one attached hydrogen (secondary N) is 1. The van der Waals surface area contributed by atoms with Crippen molar-refractivity contribution in [2.45, 2.75) is 64.5 Å². The molecule has 112 valence electrons. The fraction of sp³-hybridized carbons (Fsp3) is 0.867. The molecule has 5 nitrogen and oxygen atoms in total. The van der Waals surface area contributed by atoms with E-state index in [-0.39, 0.29) is 0 Å². The van der Waals surface area contributed by atoms with E-state index in [1.165, 1.54) is 25.7 Å². The molecule has 1 aromatic heterocycles. The first-order valence-corrected chi connectivity index (χ1v) is 7.89. The molecule has 2 aliphatic carbocycles. The van der Waals surface area contributed by atoms with Crippen LogP contribution in [0.4, 0.5) is 0 Å². The zero-order chi connectivity index (χ0) is 14.0. The summed E-state index contributed by atoms with van der Waals surface area (Å²) in [4.78, 5) is 4.24. The Bertz CT molecular complexity index is 440. The summed E-state index contributed by atoms with van der Waals surface area (Å²) in [5.74, 6) is 1.45. The predicted octanol–water partition coefficient (Wildman–Crippen LogP) is 2.25. The predicted molar refractivity (Wildman–Crippen MR) is 75.5 cm³/mol. The first kappa shape index (κ1) is 14.0. The van der Waals surface area contributed by atoms with E-state index in [1.807, 2.05) is 6.92 Å². The van der Waals surface area contributed by atoms with Crippen LogP contribution in [0.3, 0.4) is 0 Å². The summed E-state index contributed by atoms with van der Waals surface area (Å²) in [7, 11) is 0. The van der Waals surface area contributed by atoms with Crippen molar-refractivity contribution in [3.05, 3.63) is 11.7 Å². The van der Waals surface area contributed by atoms with Gasteiger partial charge in [0.1, 0.15) is 0 Å². The second-order valence-corrected chi connectivity index (χ2v) is 6.11. The third-order valence-electron chi connectivity index (χ3n) is 4.99. The SMILES string of the molecule is CCOC1CC(NCCc2nc(C)no2)C12CCCC2. The van der Waals surface area contributed by atoms with E-state index in [0.29, 0.717) is 23.4 Å². The zero-order valence-electron chi connectivity index (χ0n) is 12.5. The summed E-state index contributed by atoms with van der Waals surface area (Å²) in [5, 5.41) is 7.51. The summed E-state index contributed by atoms with van der Waals surface area (Å²) < 4.78 is 11.1. The fourth-order valence-electron chi connectivity index (χ4n) is 3.97. The molecule has 0 aromatic carbocycles. The number of rotatable bonds is 6. The van der Waals surface area contributed by atoms with Gasteiger partial charge in [0.25, 0.3) is 0 Å². The van der Waals surface area contributed by atoms with Crippen molar-refractivity contribution in [1.82, 2.24) is 15.5 Å². The number of hydrogen-bond acceptors (Lipinski definition) is 5. The molecule has 1 heterocycles. The standard InChI is InChI=1S/C15H25N3O2/c1-3-19-13-10-12(15(13)7-4-5-8-15)16-9-6-14-17-11(2)18-20-14/h12-13,16H,3-10H2,1-2H3. The third-order valence-corrected chi connectivity index (χ3v) is 4.99. The second kappa shape index (κ2) is 5.82. The summed E-state index contributed by atoms with van der Waals surface area (Å²) in [5.41, 5.74) is 0.404. The van der Waals surface area contributed by atoms with Gasteiger partial charge in [-0.3, -0.25) is 0 Å². The molecule has 3 rings (SSSR count). The fourth-order valence-corrected chi connectivity index (χ4v) is 3.97. The number of aromatic nitrogens is 2. The maximum atomic E-state index is 5.93. The second-order valence-electron chi connectivity index (χ2n) is 6.11. The van der Waals surface area contributed by atoms with Crippen LogP contribution in [0.15, 0.2) is 4.52 Å². The lowest BCUT2D eigenvalue weighted by molar-refractivity contribution is -0.130. The Morgan fingerprint density at radius 3 is 2.85 bits per heavy atom. The van der Waals surface area contributed by atoms with Crippen LogP contribution in [0.1, 0.15) is 50.7 Å². The van der Waals surface area contributed by atoms with E-state index in [1.54, 1.807) is 0 Å². The number of aryl methyl sites for hydroxylation is 1. The molecule has 2 unspecified atom stereocenters. The maximum absolute atomic E-state index is 5.93. The first-order valence-electron chi connectivity index (χ1n) is 7.89. The number of ether oxygens (including phenoxy) is 1. The van der Waals surface area contributed by atoms with Crippen LogP contribution >= 0.6 is 0 Å². The van der Waals surface area contributed by atoms with Crippen LogP contribution in [0.2, 0.25) is 0 Å². The lowest BCUT2D eigenvalue weighted by Crippen LogP contribution is -2.62. The van der Waals surface area contributed by atoms with Gasteiger partial charge in [-0.15, -0.1) is 0 Å². The quantitative estimate of drug-likeness (QED) is 0.865. The number of hydrogen-bond donors (Lipinski definition) is 1. The summed E-state index contributed by atoms with van der Waals surface area (Å²) in [6, 6.07) is 0.602. The Hall–Kier alpha value is -0.940. The third kappa shape index (κ3) is 2.49. The van der Waals surface area contributed by atoms with Gasteiger partial charge in [-0.05, 0) is 33.1 Å². The summed E-state index contributed by atoms with van der Waals surface area (Å²) in [6.45, 7) is 5.70. The normalized spacial score (nSPS) is 27.9. The number of nitrogens with zero attached hydrogens (tertiary/aromatic N) is 2. The first-order chi connectivity index (χ1) is 9.74. The Morgan fingerprint density at radius 2 is 2.20 bits per heavy atom. The lowest BCUT2D eigenvalue weighted by atomic mass is 9.60. The van der Waals surface area contributed by atoms with Crippen molar-refractivity contribution < 1.29 is 9.26 Å². The van der Waals surface area contributed by atoms with Gasteiger partial charge in [0.15, 0.2) is 5.82 Å². The monoisotopic (exact) mass is 279 g/mol. The van der Waals surface area contributed by atoms with E-state index >= 15 is 0 Å². The van der Waals surface area contributed by atoms with Gasteiger partial charge in [-0.1, -0.05) is 18.0 Å². The molecular weight excluding hydrogens is 254 g/mol. The van der Waals surface area contributed by atoms with E-state index in [2.05, 4.69) is 22.4 Å². The minimum absolute atomic E-state index is 0.404. The van der Waals surface area contributed by atoms with E-state index in [9.17, 15) is 0 Å². The average Bonchev–Trinajstić information content (AvgIpc) is 3.07. The topological polar surface area (TPSA) is 60.2 Å².